The van der Waals surface area contributed by atoms with Crippen LogP contribution in [0.4, 0.5) is 0 Å². The topological polar surface area (TPSA) is 70.4 Å². The number of aromatic hydroxyl groups is 2. The van der Waals surface area contributed by atoms with Gasteiger partial charge in [-0.15, -0.1) is 0 Å². The molecule has 0 saturated heterocycles. The normalized spacial score (nSPS) is 11.1. The summed E-state index contributed by atoms with van der Waals surface area (Å²) in [7, 11) is 0. The summed E-state index contributed by atoms with van der Waals surface area (Å²) in [6.07, 6.45) is 4.94. The van der Waals surface area contributed by atoms with Crippen LogP contribution >= 0.6 is 0 Å². The average molecular weight is 367 g/mol. The van der Waals surface area contributed by atoms with Crippen LogP contribution in [0.2, 0.25) is 0 Å². The van der Waals surface area contributed by atoms with Crippen LogP contribution in [0.3, 0.4) is 0 Å². The van der Waals surface area contributed by atoms with Crippen molar-refractivity contribution in [1.82, 2.24) is 4.98 Å². The summed E-state index contributed by atoms with van der Waals surface area (Å²) in [5.41, 5.74) is 3.95. The molecule has 0 saturated carbocycles. The Bertz CT molecular complexity index is 1210. The summed E-state index contributed by atoms with van der Waals surface area (Å²) in [6.45, 7) is 0. The Labute approximate surface area is 162 Å². The predicted molar refractivity (Wildman–Crippen MR) is 110 cm³/mol. The van der Waals surface area contributed by atoms with Gasteiger partial charge in [0.1, 0.15) is 11.5 Å². The van der Waals surface area contributed by atoms with Crippen LogP contribution < -0.4 is 0 Å². The molecular weight excluding hydrogens is 350 g/mol. The number of para-hydroxylation sites is 1. The molecule has 4 aromatic rings. The Morgan fingerprint density at radius 2 is 1.64 bits per heavy atom. The van der Waals surface area contributed by atoms with E-state index in [1.54, 1.807) is 12.3 Å². The fraction of sp³-hybridized carbons (Fsp3) is 0. The zero-order chi connectivity index (χ0) is 19.5. The number of nitrogens with zero attached hydrogens (tertiary/aromatic N) is 1. The summed E-state index contributed by atoms with van der Waals surface area (Å²) in [5.74, 6) is -0.678. The number of allylic oxidation sites excluding steroid dienone is 1. The number of phenolic OH excluding ortho intramolecular Hbond substituents is 2. The maximum atomic E-state index is 12.5. The first-order valence-corrected chi connectivity index (χ1v) is 8.81. The van der Waals surface area contributed by atoms with Crippen molar-refractivity contribution in [3.8, 4) is 22.6 Å². The molecule has 1 aromatic heterocycles. The highest BCUT2D eigenvalue weighted by atomic mass is 16.3. The van der Waals surface area contributed by atoms with Crippen LogP contribution in [0.5, 0.6) is 11.5 Å². The van der Waals surface area contributed by atoms with Crippen molar-refractivity contribution in [2.45, 2.75) is 0 Å². The molecular formula is C24H17NO3. The molecule has 136 valence electrons. The van der Waals surface area contributed by atoms with Crippen LogP contribution in [0.1, 0.15) is 15.9 Å². The van der Waals surface area contributed by atoms with Crippen LogP contribution in [-0.4, -0.2) is 21.0 Å². The molecule has 0 amide bonds. The monoisotopic (exact) mass is 367 g/mol. The largest absolute Gasteiger partial charge is 0.508 e. The van der Waals surface area contributed by atoms with Gasteiger partial charge in [-0.05, 0) is 47.0 Å². The van der Waals surface area contributed by atoms with Gasteiger partial charge in [-0.25, -0.2) is 0 Å². The third-order valence-electron chi connectivity index (χ3n) is 4.56. The number of hydrogen-bond acceptors (Lipinski definition) is 4. The Morgan fingerprint density at radius 3 is 2.50 bits per heavy atom. The predicted octanol–water partition coefficient (Wildman–Crippen LogP) is 5.21. The average Bonchev–Trinajstić information content (AvgIpc) is 2.72. The van der Waals surface area contributed by atoms with Crippen LogP contribution in [0, 0.1) is 0 Å². The van der Waals surface area contributed by atoms with E-state index in [1.165, 1.54) is 18.2 Å². The van der Waals surface area contributed by atoms with Crippen LogP contribution in [0.15, 0.2) is 85.1 Å². The summed E-state index contributed by atoms with van der Waals surface area (Å²) in [6, 6.07) is 21.6. The van der Waals surface area contributed by atoms with E-state index in [1.807, 2.05) is 54.6 Å². The third-order valence-corrected chi connectivity index (χ3v) is 4.56. The molecule has 0 aliphatic rings. The summed E-state index contributed by atoms with van der Waals surface area (Å²) in [5, 5.41) is 20.3. The molecule has 4 heteroatoms. The molecule has 0 bridgehead atoms. The van der Waals surface area contributed by atoms with E-state index in [4.69, 9.17) is 0 Å². The first kappa shape index (κ1) is 17.5. The van der Waals surface area contributed by atoms with E-state index in [-0.39, 0.29) is 22.8 Å². The van der Waals surface area contributed by atoms with E-state index in [2.05, 4.69) is 4.98 Å². The number of benzene rings is 3. The molecule has 2 N–H and O–H groups in total. The lowest BCUT2D eigenvalue weighted by Gasteiger charge is -2.09. The van der Waals surface area contributed by atoms with Crippen molar-refractivity contribution in [2.24, 2.45) is 0 Å². The SMILES string of the molecule is O=C(/C=C/c1ccccc1-c1ccnc2ccccc12)c1ccc(O)cc1O. The Hall–Kier alpha value is -3.92. The molecule has 0 atom stereocenters. The number of rotatable bonds is 4. The minimum Gasteiger partial charge on any atom is -0.508 e. The van der Waals surface area contributed by atoms with Gasteiger partial charge in [-0.3, -0.25) is 9.78 Å². The third kappa shape index (κ3) is 3.35. The smallest absolute Gasteiger partial charge is 0.189 e. The maximum absolute atomic E-state index is 12.5. The Morgan fingerprint density at radius 1 is 0.857 bits per heavy atom. The minimum atomic E-state index is -0.341. The zero-order valence-corrected chi connectivity index (χ0v) is 14.9. The van der Waals surface area contributed by atoms with E-state index < -0.39 is 0 Å². The summed E-state index contributed by atoms with van der Waals surface area (Å²) >= 11 is 0. The minimum absolute atomic E-state index is 0.0899. The molecule has 1 heterocycles. The molecule has 3 aromatic carbocycles. The van der Waals surface area contributed by atoms with Crippen molar-refractivity contribution in [3.63, 3.8) is 0 Å². The van der Waals surface area contributed by atoms with Gasteiger partial charge < -0.3 is 10.2 Å². The highest BCUT2D eigenvalue weighted by Crippen LogP contribution is 2.31. The standard InChI is InChI=1S/C24H17NO3/c26-17-10-11-21(24(28)15-17)23(27)12-9-16-5-1-2-6-18(16)19-13-14-25-22-8-4-3-7-20(19)22/h1-15,26,28H/b12-9+. The fourth-order valence-corrected chi connectivity index (χ4v) is 3.20. The molecule has 4 nitrogen and oxygen atoms in total. The van der Waals surface area contributed by atoms with Gasteiger partial charge in [0.2, 0.25) is 0 Å². The first-order chi connectivity index (χ1) is 13.6. The lowest BCUT2D eigenvalue weighted by molar-refractivity contribution is 0.104. The molecule has 0 aliphatic heterocycles. The van der Waals surface area contributed by atoms with Crippen LogP contribution in [0.25, 0.3) is 28.1 Å². The van der Waals surface area contributed by atoms with Gasteiger partial charge in [-0.2, -0.15) is 0 Å². The molecule has 0 unspecified atom stereocenters. The van der Waals surface area contributed by atoms with Gasteiger partial charge in [-0.1, -0.05) is 48.5 Å². The molecule has 0 aliphatic carbocycles. The summed E-state index contributed by atoms with van der Waals surface area (Å²) in [4.78, 5) is 16.9. The number of phenols is 2. The lowest BCUT2D eigenvalue weighted by Crippen LogP contribution is -1.95. The van der Waals surface area contributed by atoms with Crippen LogP contribution in [-0.2, 0) is 0 Å². The second-order valence-electron chi connectivity index (χ2n) is 6.36. The lowest BCUT2D eigenvalue weighted by atomic mass is 9.96. The number of aromatic nitrogens is 1. The van der Waals surface area contributed by atoms with Crippen molar-refractivity contribution in [2.75, 3.05) is 0 Å². The molecule has 28 heavy (non-hydrogen) atoms. The number of carbonyl (C=O) groups is 1. The number of carbonyl (C=O) groups excluding carboxylic acids is 1. The molecule has 4 rings (SSSR count). The molecule has 0 fully saturated rings. The molecule has 0 radical (unpaired) electrons. The van der Waals surface area contributed by atoms with Crippen molar-refractivity contribution >= 4 is 22.8 Å². The van der Waals surface area contributed by atoms with Crippen molar-refractivity contribution in [3.05, 3.63) is 96.2 Å². The summed E-state index contributed by atoms with van der Waals surface area (Å²) < 4.78 is 0. The number of fused-ring (bicyclic) bond motifs is 1. The van der Waals surface area contributed by atoms with E-state index >= 15 is 0 Å². The molecule has 0 spiro atoms. The second kappa shape index (κ2) is 7.37. The highest BCUT2D eigenvalue weighted by molar-refractivity contribution is 6.09. The number of hydrogen-bond donors (Lipinski definition) is 2. The fourth-order valence-electron chi connectivity index (χ4n) is 3.20. The van der Waals surface area contributed by atoms with E-state index in [9.17, 15) is 15.0 Å². The van der Waals surface area contributed by atoms with Gasteiger partial charge in [0.15, 0.2) is 5.78 Å². The second-order valence-corrected chi connectivity index (χ2v) is 6.36. The number of pyridine rings is 1. The highest BCUT2D eigenvalue weighted by Gasteiger charge is 2.10. The van der Waals surface area contributed by atoms with Crippen molar-refractivity contribution in [1.29, 1.82) is 0 Å². The Balaban J connectivity index is 1.74. The van der Waals surface area contributed by atoms with E-state index in [0.717, 1.165) is 33.7 Å². The van der Waals surface area contributed by atoms with Crippen molar-refractivity contribution < 1.29 is 15.0 Å². The quantitative estimate of drug-likeness (QED) is 0.384. The van der Waals surface area contributed by atoms with Gasteiger partial charge >= 0.3 is 0 Å². The maximum Gasteiger partial charge on any atom is 0.189 e. The zero-order valence-electron chi connectivity index (χ0n) is 14.9. The first-order valence-electron chi connectivity index (χ1n) is 8.81. The van der Waals surface area contributed by atoms with Gasteiger partial charge in [0.25, 0.3) is 0 Å². The van der Waals surface area contributed by atoms with Gasteiger partial charge in [0, 0.05) is 17.6 Å². The van der Waals surface area contributed by atoms with E-state index in [0.29, 0.717) is 0 Å². The van der Waals surface area contributed by atoms with Gasteiger partial charge in [0.05, 0.1) is 11.1 Å². The Kier molecular flexibility index (Phi) is 4.60. The number of ketones is 1.